The van der Waals surface area contributed by atoms with Crippen molar-refractivity contribution in [2.24, 2.45) is 5.92 Å². The number of aliphatic hydroxyl groups is 1. The summed E-state index contributed by atoms with van der Waals surface area (Å²) >= 11 is 0. The highest BCUT2D eigenvalue weighted by atomic mass is 16.3. The van der Waals surface area contributed by atoms with Crippen LogP contribution in [0.25, 0.3) is 0 Å². The van der Waals surface area contributed by atoms with Crippen molar-refractivity contribution in [3.8, 4) is 0 Å². The van der Waals surface area contributed by atoms with Crippen LogP contribution in [0.1, 0.15) is 36.2 Å². The Hall–Kier alpha value is -2.21. The number of likely N-dealkylation sites (tertiary alicyclic amines) is 1. The van der Waals surface area contributed by atoms with Crippen LogP contribution in [-0.2, 0) is 16.1 Å². The Labute approximate surface area is 141 Å². The normalized spacial score (nSPS) is 24.4. The molecule has 1 saturated heterocycles. The lowest BCUT2D eigenvalue weighted by Gasteiger charge is -2.34. The molecule has 24 heavy (non-hydrogen) atoms. The number of β-amino-alcohol motifs (C(OH)–C–C–N with tert-alkyl or cyclic N) is 1. The van der Waals surface area contributed by atoms with Crippen LogP contribution >= 0.6 is 0 Å². The Morgan fingerprint density at radius 2 is 2.04 bits per heavy atom. The van der Waals surface area contributed by atoms with Gasteiger partial charge in [0.25, 0.3) is 5.91 Å². The number of hydrogen-bond acceptors (Lipinski definition) is 4. The van der Waals surface area contributed by atoms with Gasteiger partial charge in [-0.25, -0.2) is 0 Å². The minimum absolute atomic E-state index is 0.0965. The molecular formula is C18H22N2O4. The Kier molecular flexibility index (Phi) is 4.41. The Morgan fingerprint density at radius 3 is 2.67 bits per heavy atom. The largest absolute Gasteiger partial charge is 0.391 e. The first-order chi connectivity index (χ1) is 11.4. The highest BCUT2D eigenvalue weighted by molar-refractivity contribution is 6.01. The predicted molar refractivity (Wildman–Crippen MR) is 87.1 cm³/mol. The first kappa shape index (κ1) is 16.6. The summed E-state index contributed by atoms with van der Waals surface area (Å²) < 4.78 is 0. The third kappa shape index (κ3) is 2.71. The molecule has 0 bridgehead atoms. The number of nitrogens with zero attached hydrogens (tertiary/aromatic N) is 2. The molecule has 6 heteroatoms. The summed E-state index contributed by atoms with van der Waals surface area (Å²) in [5.74, 6) is -0.513. The number of rotatable bonds is 4. The van der Waals surface area contributed by atoms with Crippen LogP contribution in [0.4, 0.5) is 0 Å². The van der Waals surface area contributed by atoms with Gasteiger partial charge in [-0.3, -0.25) is 9.59 Å². The molecule has 3 rings (SSSR count). The third-order valence-electron chi connectivity index (χ3n) is 4.83. The average Bonchev–Trinajstić information content (AvgIpc) is 3.08. The maximum absolute atomic E-state index is 13.0. The molecule has 0 aliphatic carbocycles. The van der Waals surface area contributed by atoms with Crippen LogP contribution < -0.4 is 0 Å². The van der Waals surface area contributed by atoms with Crippen LogP contribution in [0.2, 0.25) is 0 Å². The first-order valence-corrected chi connectivity index (χ1v) is 8.26. The van der Waals surface area contributed by atoms with Gasteiger partial charge in [-0.15, -0.1) is 0 Å². The van der Waals surface area contributed by atoms with Gasteiger partial charge in [0.2, 0.25) is 5.91 Å². The van der Waals surface area contributed by atoms with E-state index in [1.807, 2.05) is 32.0 Å². The van der Waals surface area contributed by atoms with Gasteiger partial charge in [0.15, 0.2) is 0 Å². The molecule has 128 valence electrons. The van der Waals surface area contributed by atoms with Gasteiger partial charge < -0.3 is 19.7 Å². The highest BCUT2D eigenvalue weighted by Crippen LogP contribution is 2.29. The molecule has 0 spiro atoms. The van der Waals surface area contributed by atoms with Gasteiger partial charge in [-0.2, -0.15) is 0 Å². The standard InChI is InChI=1S/C18H22N2O4/c1-11(2)16(18(24)19-9-14(22)7-13(19)10-21)20-8-12-5-3-4-6-15(12)17(20)23/h3-6,10-11,13-14,16,22H,7-9H2,1-2H3/t13-,14+,16-/m0/s1. The molecule has 2 heterocycles. The van der Waals surface area contributed by atoms with Crippen LogP contribution in [-0.4, -0.2) is 57.7 Å². The van der Waals surface area contributed by atoms with E-state index < -0.39 is 18.2 Å². The summed E-state index contributed by atoms with van der Waals surface area (Å²) in [4.78, 5) is 40.0. The maximum atomic E-state index is 13.0. The minimum Gasteiger partial charge on any atom is -0.391 e. The van der Waals surface area contributed by atoms with Crippen molar-refractivity contribution in [3.63, 3.8) is 0 Å². The minimum atomic E-state index is -0.691. The van der Waals surface area contributed by atoms with Crippen LogP contribution in [0, 0.1) is 5.92 Å². The van der Waals surface area contributed by atoms with Gasteiger partial charge in [-0.1, -0.05) is 32.0 Å². The summed E-state index contributed by atoms with van der Waals surface area (Å²) in [6.45, 7) is 4.31. The van der Waals surface area contributed by atoms with Gasteiger partial charge in [0.05, 0.1) is 12.1 Å². The summed E-state index contributed by atoms with van der Waals surface area (Å²) in [6, 6.07) is 6.09. The lowest BCUT2D eigenvalue weighted by molar-refractivity contribution is -0.140. The van der Waals surface area contributed by atoms with Crippen molar-refractivity contribution in [2.75, 3.05) is 6.54 Å². The molecule has 1 aromatic carbocycles. The molecular weight excluding hydrogens is 308 g/mol. The second-order valence-corrected chi connectivity index (χ2v) is 6.86. The lowest BCUT2D eigenvalue weighted by Crippen LogP contribution is -2.53. The molecule has 1 N–H and O–H groups in total. The Balaban J connectivity index is 1.88. The van der Waals surface area contributed by atoms with E-state index in [0.717, 1.165) is 5.56 Å². The molecule has 6 nitrogen and oxygen atoms in total. The lowest BCUT2D eigenvalue weighted by atomic mass is 10.0. The van der Waals surface area contributed by atoms with E-state index in [0.29, 0.717) is 18.4 Å². The topological polar surface area (TPSA) is 77.9 Å². The summed E-state index contributed by atoms with van der Waals surface area (Å²) in [7, 11) is 0. The van der Waals surface area contributed by atoms with E-state index in [1.54, 1.807) is 11.0 Å². The van der Waals surface area contributed by atoms with E-state index in [4.69, 9.17) is 0 Å². The van der Waals surface area contributed by atoms with Crippen LogP contribution in [0.15, 0.2) is 24.3 Å². The highest BCUT2D eigenvalue weighted by Gasteiger charge is 2.43. The number of benzene rings is 1. The monoisotopic (exact) mass is 330 g/mol. The molecule has 0 radical (unpaired) electrons. The second-order valence-electron chi connectivity index (χ2n) is 6.86. The van der Waals surface area contributed by atoms with E-state index in [-0.39, 0.29) is 30.7 Å². The van der Waals surface area contributed by atoms with Crippen molar-refractivity contribution in [3.05, 3.63) is 35.4 Å². The zero-order valence-electron chi connectivity index (χ0n) is 13.9. The quantitative estimate of drug-likeness (QED) is 0.830. The second kappa shape index (κ2) is 6.36. The van der Waals surface area contributed by atoms with Crippen molar-refractivity contribution in [1.29, 1.82) is 0 Å². The molecule has 2 aliphatic rings. The molecule has 3 atom stereocenters. The van der Waals surface area contributed by atoms with Crippen LogP contribution in [0.5, 0.6) is 0 Å². The molecule has 2 aliphatic heterocycles. The van der Waals surface area contributed by atoms with Crippen LogP contribution in [0.3, 0.4) is 0 Å². The maximum Gasteiger partial charge on any atom is 0.255 e. The smallest absolute Gasteiger partial charge is 0.255 e. The predicted octanol–water partition coefficient (Wildman–Crippen LogP) is 0.828. The number of fused-ring (bicyclic) bond motifs is 1. The summed E-state index contributed by atoms with van der Waals surface area (Å²) in [5, 5.41) is 9.80. The van der Waals surface area contributed by atoms with E-state index in [9.17, 15) is 19.5 Å². The third-order valence-corrected chi connectivity index (χ3v) is 4.83. The summed E-state index contributed by atoms with van der Waals surface area (Å²) in [5.41, 5.74) is 1.54. The van der Waals surface area contributed by atoms with Gasteiger partial charge in [0, 0.05) is 25.1 Å². The fourth-order valence-corrected chi connectivity index (χ4v) is 3.68. The van der Waals surface area contributed by atoms with Gasteiger partial charge in [-0.05, 0) is 17.5 Å². The van der Waals surface area contributed by atoms with Crippen molar-refractivity contribution < 1.29 is 19.5 Å². The van der Waals surface area contributed by atoms with Gasteiger partial charge >= 0.3 is 0 Å². The average molecular weight is 330 g/mol. The Morgan fingerprint density at radius 1 is 1.33 bits per heavy atom. The van der Waals surface area contributed by atoms with Gasteiger partial charge in [0.1, 0.15) is 12.3 Å². The molecule has 1 fully saturated rings. The van der Waals surface area contributed by atoms with E-state index in [1.165, 1.54) is 4.90 Å². The molecule has 2 amide bonds. The number of aliphatic hydroxyl groups excluding tert-OH is 1. The van der Waals surface area contributed by atoms with E-state index in [2.05, 4.69) is 0 Å². The zero-order chi connectivity index (χ0) is 17.4. The molecule has 0 unspecified atom stereocenters. The number of hydrogen-bond donors (Lipinski definition) is 1. The van der Waals surface area contributed by atoms with Crippen molar-refractivity contribution in [1.82, 2.24) is 9.80 Å². The molecule has 0 saturated carbocycles. The number of amides is 2. The number of carbonyl (C=O) groups excluding carboxylic acids is 3. The number of carbonyl (C=O) groups is 3. The fraction of sp³-hybridized carbons (Fsp3) is 0.500. The van der Waals surface area contributed by atoms with Crippen molar-refractivity contribution >= 4 is 18.1 Å². The number of aldehydes is 1. The zero-order valence-corrected chi connectivity index (χ0v) is 13.9. The molecule has 0 aromatic heterocycles. The van der Waals surface area contributed by atoms with E-state index >= 15 is 0 Å². The summed E-state index contributed by atoms with van der Waals surface area (Å²) in [6.07, 6.45) is 0.267. The van der Waals surface area contributed by atoms with Crippen molar-refractivity contribution in [2.45, 2.75) is 45.0 Å². The first-order valence-electron chi connectivity index (χ1n) is 8.26. The Bertz CT molecular complexity index is 673. The SMILES string of the molecule is CC(C)[C@@H](C(=O)N1C[C@H](O)C[C@H]1C=O)N1Cc2ccccc2C1=O. The fourth-order valence-electron chi connectivity index (χ4n) is 3.68. The molecule has 1 aromatic rings.